The van der Waals surface area contributed by atoms with Crippen molar-refractivity contribution < 1.29 is 0 Å². The van der Waals surface area contributed by atoms with Crippen molar-refractivity contribution in [1.29, 1.82) is 0 Å². The van der Waals surface area contributed by atoms with Crippen LogP contribution in [0.3, 0.4) is 0 Å². The maximum Gasteiger partial charge on any atom is 0.0397 e. The molecule has 0 aliphatic carbocycles. The Labute approximate surface area is 49.3 Å². The summed E-state index contributed by atoms with van der Waals surface area (Å²) in [6.45, 7) is 4.52. The van der Waals surface area contributed by atoms with Gasteiger partial charge < -0.3 is 4.57 Å². The molecule has 0 aromatic carbocycles. The standard InChI is InChI=1S/C7H9N/c1-2-5-8-6-3-4-7-8/h2-4,6-7H,1,5H2. The fraction of sp³-hybridized carbons (Fsp3) is 0.143. The van der Waals surface area contributed by atoms with Gasteiger partial charge in [0.2, 0.25) is 0 Å². The van der Waals surface area contributed by atoms with Crippen LogP contribution in [0.5, 0.6) is 0 Å². The first kappa shape index (κ1) is 5.16. The van der Waals surface area contributed by atoms with E-state index in [-0.39, 0.29) is 0 Å². The summed E-state index contributed by atoms with van der Waals surface area (Å²) in [5.74, 6) is 0. The lowest BCUT2D eigenvalue weighted by atomic mass is 10.6. The Morgan fingerprint density at radius 1 is 1.38 bits per heavy atom. The van der Waals surface area contributed by atoms with Gasteiger partial charge >= 0.3 is 0 Å². The second kappa shape index (κ2) is 2.36. The van der Waals surface area contributed by atoms with Crippen molar-refractivity contribution in [3.05, 3.63) is 37.2 Å². The molecule has 0 fully saturated rings. The van der Waals surface area contributed by atoms with Crippen LogP contribution in [0.2, 0.25) is 0 Å². The van der Waals surface area contributed by atoms with E-state index >= 15 is 0 Å². The third-order valence-electron chi connectivity index (χ3n) is 1.01. The highest BCUT2D eigenvalue weighted by Crippen LogP contribution is 1.88. The molecule has 1 aromatic heterocycles. The summed E-state index contributed by atoms with van der Waals surface area (Å²) < 4.78 is 2.06. The van der Waals surface area contributed by atoms with E-state index in [2.05, 4.69) is 11.1 Å². The van der Waals surface area contributed by atoms with Crippen molar-refractivity contribution >= 4 is 0 Å². The van der Waals surface area contributed by atoms with E-state index in [9.17, 15) is 0 Å². The molecule has 0 amide bonds. The molecule has 1 heterocycles. The van der Waals surface area contributed by atoms with Gasteiger partial charge in [0.1, 0.15) is 0 Å². The van der Waals surface area contributed by atoms with Crippen LogP contribution in [0.1, 0.15) is 0 Å². The Balaban J connectivity index is 2.62. The van der Waals surface area contributed by atoms with Crippen LogP contribution in [-0.4, -0.2) is 4.57 Å². The van der Waals surface area contributed by atoms with Crippen LogP contribution in [0.25, 0.3) is 0 Å². The maximum atomic E-state index is 3.61. The molecule has 0 N–H and O–H groups in total. The third-order valence-corrected chi connectivity index (χ3v) is 1.01. The minimum atomic E-state index is 0.910. The predicted molar refractivity (Wildman–Crippen MR) is 34.6 cm³/mol. The van der Waals surface area contributed by atoms with Crippen LogP contribution in [0.4, 0.5) is 0 Å². The quantitative estimate of drug-likeness (QED) is 0.507. The van der Waals surface area contributed by atoms with Gasteiger partial charge in [0.25, 0.3) is 0 Å². The first-order chi connectivity index (χ1) is 3.93. The third kappa shape index (κ3) is 0.997. The number of aromatic nitrogens is 1. The highest BCUT2D eigenvalue weighted by Gasteiger charge is 1.78. The van der Waals surface area contributed by atoms with E-state index in [0.717, 1.165) is 6.54 Å². The van der Waals surface area contributed by atoms with Gasteiger partial charge in [-0.15, -0.1) is 6.58 Å². The zero-order valence-electron chi connectivity index (χ0n) is 4.75. The molecule has 0 aliphatic heterocycles. The van der Waals surface area contributed by atoms with Crippen LogP contribution >= 0.6 is 0 Å². The van der Waals surface area contributed by atoms with Crippen molar-refractivity contribution in [2.24, 2.45) is 0 Å². The average molecular weight is 107 g/mol. The summed E-state index contributed by atoms with van der Waals surface area (Å²) >= 11 is 0. The molecular weight excluding hydrogens is 98.1 g/mol. The van der Waals surface area contributed by atoms with Crippen LogP contribution in [-0.2, 0) is 6.54 Å². The highest BCUT2D eigenvalue weighted by molar-refractivity contribution is 4.91. The van der Waals surface area contributed by atoms with Gasteiger partial charge in [-0.3, -0.25) is 0 Å². The Morgan fingerprint density at radius 2 is 2.00 bits per heavy atom. The van der Waals surface area contributed by atoms with Crippen LogP contribution < -0.4 is 0 Å². The van der Waals surface area contributed by atoms with E-state index in [1.54, 1.807) is 0 Å². The lowest BCUT2D eigenvalue weighted by Crippen LogP contribution is -1.87. The largest absolute Gasteiger partial charge is 0.351 e. The molecule has 1 nitrogen and oxygen atoms in total. The fourth-order valence-electron chi connectivity index (χ4n) is 0.641. The molecular formula is C7H9N. The van der Waals surface area contributed by atoms with E-state index in [1.165, 1.54) is 0 Å². The summed E-state index contributed by atoms with van der Waals surface area (Å²) in [4.78, 5) is 0. The molecule has 0 spiro atoms. The summed E-state index contributed by atoms with van der Waals surface area (Å²) in [6.07, 6.45) is 5.91. The molecule has 1 rings (SSSR count). The van der Waals surface area contributed by atoms with Gasteiger partial charge in [0, 0.05) is 18.9 Å². The summed E-state index contributed by atoms with van der Waals surface area (Å²) in [5, 5.41) is 0. The van der Waals surface area contributed by atoms with Crippen molar-refractivity contribution in [2.75, 3.05) is 0 Å². The summed E-state index contributed by atoms with van der Waals surface area (Å²) in [5.41, 5.74) is 0. The monoisotopic (exact) mass is 107 g/mol. The van der Waals surface area contributed by atoms with E-state index < -0.39 is 0 Å². The molecule has 0 atom stereocenters. The van der Waals surface area contributed by atoms with Gasteiger partial charge in [-0.25, -0.2) is 0 Å². The Hall–Kier alpha value is -0.980. The second-order valence-corrected chi connectivity index (χ2v) is 1.67. The Kier molecular flexibility index (Phi) is 1.52. The molecule has 8 heavy (non-hydrogen) atoms. The van der Waals surface area contributed by atoms with Crippen molar-refractivity contribution in [3.8, 4) is 0 Å². The maximum absolute atomic E-state index is 3.61. The zero-order valence-corrected chi connectivity index (χ0v) is 4.75. The first-order valence-corrected chi connectivity index (χ1v) is 2.65. The van der Waals surface area contributed by atoms with Crippen molar-refractivity contribution in [2.45, 2.75) is 6.54 Å². The molecule has 1 aromatic rings. The molecule has 42 valence electrons. The molecule has 0 saturated heterocycles. The van der Waals surface area contributed by atoms with Gasteiger partial charge in [-0.2, -0.15) is 0 Å². The van der Waals surface area contributed by atoms with E-state index in [4.69, 9.17) is 0 Å². The highest BCUT2D eigenvalue weighted by atomic mass is 14.9. The predicted octanol–water partition coefficient (Wildman–Crippen LogP) is 1.67. The van der Waals surface area contributed by atoms with Crippen molar-refractivity contribution in [1.82, 2.24) is 4.57 Å². The van der Waals surface area contributed by atoms with Gasteiger partial charge in [0.05, 0.1) is 0 Å². The number of rotatable bonds is 2. The van der Waals surface area contributed by atoms with E-state index in [0.29, 0.717) is 0 Å². The smallest absolute Gasteiger partial charge is 0.0397 e. The number of nitrogens with zero attached hydrogens (tertiary/aromatic N) is 1. The van der Waals surface area contributed by atoms with Gasteiger partial charge in [-0.05, 0) is 12.1 Å². The molecule has 0 radical (unpaired) electrons. The summed E-state index contributed by atoms with van der Waals surface area (Å²) in [7, 11) is 0. The number of allylic oxidation sites excluding steroid dienone is 1. The first-order valence-electron chi connectivity index (χ1n) is 2.65. The molecule has 0 aliphatic rings. The number of hydrogen-bond donors (Lipinski definition) is 0. The normalized spacial score (nSPS) is 9.00. The van der Waals surface area contributed by atoms with Crippen LogP contribution in [0, 0.1) is 0 Å². The average Bonchev–Trinajstić information content (AvgIpc) is 2.19. The van der Waals surface area contributed by atoms with Crippen molar-refractivity contribution in [3.63, 3.8) is 0 Å². The van der Waals surface area contributed by atoms with E-state index in [1.807, 2.05) is 30.6 Å². The Morgan fingerprint density at radius 3 is 2.50 bits per heavy atom. The fourth-order valence-corrected chi connectivity index (χ4v) is 0.641. The van der Waals surface area contributed by atoms with Gasteiger partial charge in [0.15, 0.2) is 0 Å². The number of hydrogen-bond acceptors (Lipinski definition) is 0. The second-order valence-electron chi connectivity index (χ2n) is 1.67. The summed E-state index contributed by atoms with van der Waals surface area (Å²) in [6, 6.07) is 4.01. The minimum Gasteiger partial charge on any atom is -0.351 e. The molecule has 0 unspecified atom stereocenters. The lowest BCUT2D eigenvalue weighted by molar-refractivity contribution is 0.832. The SMILES string of the molecule is C=CCn1cccc1. The van der Waals surface area contributed by atoms with Gasteiger partial charge in [-0.1, -0.05) is 6.08 Å². The molecule has 0 saturated carbocycles. The Bertz CT molecular complexity index is 151. The van der Waals surface area contributed by atoms with Crippen LogP contribution in [0.15, 0.2) is 37.2 Å². The lowest BCUT2D eigenvalue weighted by Gasteiger charge is -1.91. The molecule has 1 heteroatoms. The molecule has 0 bridgehead atoms. The minimum absolute atomic E-state index is 0.910. The topological polar surface area (TPSA) is 4.93 Å². The zero-order chi connectivity index (χ0) is 5.82.